The molecule has 184 valence electrons. The van der Waals surface area contributed by atoms with Gasteiger partial charge in [-0.15, -0.1) is 0 Å². The Morgan fingerprint density at radius 3 is 2.47 bits per heavy atom. The molecule has 36 heavy (non-hydrogen) atoms. The summed E-state index contributed by atoms with van der Waals surface area (Å²) in [5, 5.41) is 6.55. The van der Waals surface area contributed by atoms with Crippen molar-refractivity contribution < 1.29 is 13.9 Å². The molecule has 9 nitrogen and oxygen atoms in total. The highest BCUT2D eigenvalue weighted by atomic mass is 16.5. The molecule has 1 heterocycles. The number of carbonyl (C=O) groups excluding carboxylic acids is 1. The lowest BCUT2D eigenvalue weighted by Crippen LogP contribution is -2.32. The normalized spacial score (nSPS) is 11.3. The molecule has 6 N–H and O–H groups in total. The number of para-hydroxylation sites is 1. The standard InChI is InChI=1S/C27H27N5O4/c28-31-26(32-29)24-17-23(33)21-10-6-11-22(25(21)36-24)30-27(34)19-12-14-20(15-13-19)35-16-5-4-9-18-7-2-1-3-8-18/h1-3,6-8,10-15,17H,4-5,9,16,28-29H2,(H,30,34)(H,31,32). The molecule has 9 heteroatoms. The number of unbranched alkanes of at least 4 members (excludes halogenated alkanes) is 1. The first-order valence-electron chi connectivity index (χ1n) is 11.5. The smallest absolute Gasteiger partial charge is 0.255 e. The Morgan fingerprint density at radius 2 is 1.75 bits per heavy atom. The van der Waals surface area contributed by atoms with Gasteiger partial charge in [0.05, 0.1) is 17.7 Å². The second-order valence-electron chi connectivity index (χ2n) is 8.05. The van der Waals surface area contributed by atoms with E-state index in [-0.39, 0.29) is 28.5 Å². The number of nitrogens with two attached hydrogens (primary N) is 2. The number of carbonyl (C=O) groups is 1. The summed E-state index contributed by atoms with van der Waals surface area (Å²) in [5.74, 6) is 11.0. The van der Waals surface area contributed by atoms with Gasteiger partial charge in [0.2, 0.25) is 5.84 Å². The Bertz CT molecular complexity index is 1420. The van der Waals surface area contributed by atoms with E-state index in [1.807, 2.05) is 18.2 Å². The molecule has 0 unspecified atom stereocenters. The Morgan fingerprint density at radius 1 is 0.972 bits per heavy atom. The third-order valence-corrected chi connectivity index (χ3v) is 5.59. The minimum Gasteiger partial charge on any atom is -0.494 e. The Hall–Kier alpha value is -4.63. The van der Waals surface area contributed by atoms with Crippen LogP contribution in [0.3, 0.4) is 0 Å². The highest BCUT2D eigenvalue weighted by molar-refractivity contribution is 6.08. The number of hydrazone groups is 1. The number of nitrogens with one attached hydrogen (secondary N) is 2. The summed E-state index contributed by atoms with van der Waals surface area (Å²) >= 11 is 0. The van der Waals surface area contributed by atoms with Gasteiger partial charge in [0.15, 0.2) is 16.8 Å². The summed E-state index contributed by atoms with van der Waals surface area (Å²) < 4.78 is 11.6. The lowest BCUT2D eigenvalue weighted by Gasteiger charge is -2.10. The molecule has 4 aromatic rings. The molecule has 0 aliphatic rings. The monoisotopic (exact) mass is 485 g/mol. The van der Waals surface area contributed by atoms with Crippen LogP contribution >= 0.6 is 0 Å². The van der Waals surface area contributed by atoms with Crippen molar-refractivity contribution in [2.24, 2.45) is 16.8 Å². The molecule has 1 amide bonds. The van der Waals surface area contributed by atoms with E-state index in [1.165, 1.54) is 11.6 Å². The number of hydrogen-bond acceptors (Lipinski definition) is 7. The summed E-state index contributed by atoms with van der Waals surface area (Å²) in [6.45, 7) is 0.599. The molecular weight excluding hydrogens is 458 g/mol. The molecule has 0 atom stereocenters. The number of amidine groups is 1. The second-order valence-corrected chi connectivity index (χ2v) is 8.05. The number of rotatable bonds is 9. The van der Waals surface area contributed by atoms with Crippen molar-refractivity contribution in [3.8, 4) is 5.75 Å². The number of amides is 1. The maximum atomic E-state index is 12.9. The van der Waals surface area contributed by atoms with Crippen LogP contribution in [0.2, 0.25) is 0 Å². The summed E-state index contributed by atoms with van der Waals surface area (Å²) in [6.07, 6.45) is 2.98. The molecule has 0 aliphatic carbocycles. The van der Waals surface area contributed by atoms with Crippen LogP contribution in [0, 0.1) is 0 Å². The van der Waals surface area contributed by atoms with Crippen LogP contribution in [0.25, 0.3) is 11.0 Å². The summed E-state index contributed by atoms with van der Waals surface area (Å²) in [4.78, 5) is 25.4. The van der Waals surface area contributed by atoms with E-state index in [0.29, 0.717) is 29.0 Å². The fourth-order valence-corrected chi connectivity index (χ4v) is 3.73. The lowest BCUT2D eigenvalue weighted by molar-refractivity contribution is 0.102. The van der Waals surface area contributed by atoms with Crippen LogP contribution in [0.1, 0.15) is 34.5 Å². The summed E-state index contributed by atoms with van der Waals surface area (Å²) in [6, 6.07) is 23.3. The highest BCUT2D eigenvalue weighted by Crippen LogP contribution is 2.23. The Kier molecular flexibility index (Phi) is 7.94. The van der Waals surface area contributed by atoms with E-state index in [1.54, 1.807) is 42.5 Å². The van der Waals surface area contributed by atoms with Crippen molar-refractivity contribution in [2.75, 3.05) is 11.9 Å². The van der Waals surface area contributed by atoms with E-state index < -0.39 is 0 Å². The Balaban J connectivity index is 1.39. The minimum absolute atomic E-state index is 0.00853. The zero-order chi connectivity index (χ0) is 25.3. The van der Waals surface area contributed by atoms with Gasteiger partial charge in [0.25, 0.3) is 5.91 Å². The van der Waals surface area contributed by atoms with Crippen LogP contribution < -0.4 is 32.6 Å². The number of benzene rings is 3. The number of hydrazine groups is 1. The summed E-state index contributed by atoms with van der Waals surface area (Å²) in [5.41, 5.74) is 4.19. The lowest BCUT2D eigenvalue weighted by atomic mass is 10.1. The number of ether oxygens (including phenoxy) is 1. The molecule has 0 saturated carbocycles. The van der Waals surface area contributed by atoms with Gasteiger partial charge in [0.1, 0.15) is 5.75 Å². The third-order valence-electron chi connectivity index (χ3n) is 5.59. The van der Waals surface area contributed by atoms with Crippen LogP contribution in [0.5, 0.6) is 5.75 Å². The number of aryl methyl sites for hydroxylation is 1. The highest BCUT2D eigenvalue weighted by Gasteiger charge is 2.15. The van der Waals surface area contributed by atoms with Crippen LogP contribution in [-0.2, 0) is 6.42 Å². The molecule has 3 aromatic carbocycles. The van der Waals surface area contributed by atoms with E-state index in [0.717, 1.165) is 19.3 Å². The molecular formula is C27H27N5O4. The van der Waals surface area contributed by atoms with Gasteiger partial charge in [-0.05, 0) is 61.2 Å². The van der Waals surface area contributed by atoms with Crippen LogP contribution in [0.4, 0.5) is 5.69 Å². The molecule has 4 rings (SSSR count). The van der Waals surface area contributed by atoms with Crippen molar-refractivity contribution in [2.45, 2.75) is 19.3 Å². The van der Waals surface area contributed by atoms with E-state index in [2.05, 4.69) is 28.0 Å². The molecule has 1 aromatic heterocycles. The van der Waals surface area contributed by atoms with Crippen molar-refractivity contribution in [1.82, 2.24) is 5.43 Å². The fourth-order valence-electron chi connectivity index (χ4n) is 3.73. The number of nitrogens with zero attached hydrogens (tertiary/aromatic N) is 1. The zero-order valence-corrected chi connectivity index (χ0v) is 19.6. The van der Waals surface area contributed by atoms with Gasteiger partial charge >= 0.3 is 0 Å². The first kappa shape index (κ1) is 24.5. The van der Waals surface area contributed by atoms with Gasteiger partial charge in [-0.3, -0.25) is 9.59 Å². The van der Waals surface area contributed by atoms with Crippen molar-refractivity contribution >= 4 is 28.4 Å². The molecule has 0 saturated heterocycles. The van der Waals surface area contributed by atoms with E-state index in [4.69, 9.17) is 20.8 Å². The van der Waals surface area contributed by atoms with E-state index >= 15 is 0 Å². The quantitative estimate of drug-likeness (QED) is 0.0933. The van der Waals surface area contributed by atoms with E-state index in [9.17, 15) is 9.59 Å². The number of hydrogen-bond donors (Lipinski definition) is 4. The maximum absolute atomic E-state index is 12.9. The molecule has 0 radical (unpaired) electrons. The Labute approximate surface area is 207 Å². The van der Waals surface area contributed by atoms with Gasteiger partial charge in [-0.1, -0.05) is 36.4 Å². The van der Waals surface area contributed by atoms with Gasteiger partial charge in [-0.2, -0.15) is 5.10 Å². The predicted octanol–water partition coefficient (Wildman–Crippen LogP) is 3.53. The SMILES string of the molecule is N/N=C(\NN)c1cc(=O)c2cccc(NC(=O)c3ccc(OCCCCc4ccccc4)cc3)c2o1. The molecule has 0 spiro atoms. The average molecular weight is 486 g/mol. The zero-order valence-electron chi connectivity index (χ0n) is 19.6. The molecule has 0 fully saturated rings. The largest absolute Gasteiger partial charge is 0.494 e. The molecule has 0 aliphatic heterocycles. The van der Waals surface area contributed by atoms with Crippen molar-refractivity contribution in [1.29, 1.82) is 0 Å². The molecule has 0 bridgehead atoms. The van der Waals surface area contributed by atoms with Gasteiger partial charge < -0.3 is 25.7 Å². The number of fused-ring (bicyclic) bond motifs is 1. The average Bonchev–Trinajstić information content (AvgIpc) is 2.90. The van der Waals surface area contributed by atoms with Crippen molar-refractivity contribution in [3.63, 3.8) is 0 Å². The van der Waals surface area contributed by atoms with Crippen LogP contribution in [-0.4, -0.2) is 18.3 Å². The number of anilines is 1. The van der Waals surface area contributed by atoms with Gasteiger partial charge in [0, 0.05) is 11.6 Å². The third kappa shape index (κ3) is 5.89. The first-order valence-corrected chi connectivity index (χ1v) is 11.5. The predicted molar refractivity (Wildman–Crippen MR) is 140 cm³/mol. The van der Waals surface area contributed by atoms with Crippen molar-refractivity contribution in [3.05, 3.63) is 106 Å². The minimum atomic E-state index is -0.366. The first-order chi connectivity index (χ1) is 17.6. The maximum Gasteiger partial charge on any atom is 0.255 e. The van der Waals surface area contributed by atoms with Crippen LogP contribution in [0.15, 0.2) is 93.2 Å². The second kappa shape index (κ2) is 11.7. The summed E-state index contributed by atoms with van der Waals surface area (Å²) in [7, 11) is 0. The topological polar surface area (TPSA) is 145 Å². The fraction of sp³-hybridized carbons (Fsp3) is 0.148. The van der Waals surface area contributed by atoms with Gasteiger partial charge in [-0.25, -0.2) is 5.84 Å².